The van der Waals surface area contributed by atoms with Gasteiger partial charge in [0, 0.05) is 16.6 Å². The molecule has 2 N–H and O–H groups in total. The molecule has 0 saturated heterocycles. The lowest BCUT2D eigenvalue weighted by Gasteiger charge is -2.19. The highest BCUT2D eigenvalue weighted by Crippen LogP contribution is 2.25. The van der Waals surface area contributed by atoms with Crippen LogP contribution in [0.1, 0.15) is 13.8 Å². The fourth-order valence-corrected chi connectivity index (χ4v) is 1.69. The summed E-state index contributed by atoms with van der Waals surface area (Å²) in [5.41, 5.74) is 1.09. The molecule has 0 heterocycles. The number of nitrogens with one attached hydrogen (secondary N) is 1. The molecule has 0 aromatic heterocycles. The highest BCUT2D eigenvalue weighted by atomic mass is 32.2. The van der Waals surface area contributed by atoms with E-state index in [4.69, 9.17) is 0 Å². The third-order valence-electron chi connectivity index (χ3n) is 2.21. The van der Waals surface area contributed by atoms with Crippen LogP contribution in [0, 0.1) is 0 Å². The van der Waals surface area contributed by atoms with Crippen molar-refractivity contribution in [1.82, 2.24) is 0 Å². The van der Waals surface area contributed by atoms with Crippen LogP contribution in [-0.4, -0.2) is 23.5 Å². The number of anilines is 1. The Bertz CT molecular complexity index is 288. The first-order valence-corrected chi connectivity index (χ1v) is 5.95. The van der Waals surface area contributed by atoms with E-state index in [1.165, 1.54) is 4.90 Å². The zero-order valence-corrected chi connectivity index (χ0v) is 9.64. The Morgan fingerprint density at radius 3 is 2.50 bits per heavy atom. The first-order valence-electron chi connectivity index (χ1n) is 4.72. The van der Waals surface area contributed by atoms with Gasteiger partial charge in [-0.3, -0.25) is 0 Å². The molecular weight excluding hydrogens is 194 g/mol. The molecule has 0 amide bonds. The Morgan fingerprint density at radius 2 is 1.93 bits per heavy atom. The molecule has 1 rings (SSSR count). The summed E-state index contributed by atoms with van der Waals surface area (Å²) in [5, 5.41) is 12.7. The molecule has 0 aliphatic heterocycles. The minimum Gasteiger partial charge on any atom is -0.391 e. The van der Waals surface area contributed by atoms with Crippen LogP contribution in [0.5, 0.6) is 0 Å². The summed E-state index contributed by atoms with van der Waals surface area (Å²) in [6.45, 7) is 3.77. The van der Waals surface area contributed by atoms with E-state index in [9.17, 15) is 5.11 Å². The molecule has 2 unspecified atom stereocenters. The quantitative estimate of drug-likeness (QED) is 0.751. The Kier molecular flexibility index (Phi) is 4.29. The number of aliphatic hydroxyl groups excluding tert-OH is 1. The van der Waals surface area contributed by atoms with Gasteiger partial charge >= 0.3 is 0 Å². The predicted molar refractivity (Wildman–Crippen MR) is 63.0 cm³/mol. The van der Waals surface area contributed by atoms with E-state index in [2.05, 4.69) is 11.4 Å². The van der Waals surface area contributed by atoms with Gasteiger partial charge in [0.25, 0.3) is 0 Å². The number of hydrogen-bond acceptors (Lipinski definition) is 3. The molecule has 0 fully saturated rings. The minimum absolute atomic E-state index is 0.0725. The number of rotatable bonds is 4. The van der Waals surface area contributed by atoms with E-state index in [0.717, 1.165) is 5.69 Å². The molecule has 0 aliphatic rings. The monoisotopic (exact) mass is 211 g/mol. The predicted octanol–water partition coefficient (Wildman–Crippen LogP) is 2.59. The molecule has 0 aliphatic carbocycles. The third-order valence-corrected chi connectivity index (χ3v) is 3.01. The van der Waals surface area contributed by atoms with Crippen molar-refractivity contribution in [3.05, 3.63) is 24.3 Å². The second kappa shape index (κ2) is 5.27. The van der Waals surface area contributed by atoms with E-state index in [1.807, 2.05) is 31.4 Å². The normalized spacial score (nSPS) is 14.9. The first kappa shape index (κ1) is 11.4. The standard InChI is InChI=1S/C11H17NOS/c1-8(9(2)13)12-10-6-4-5-7-11(10)14-3/h4-9,12-13H,1-3H3. The van der Waals surface area contributed by atoms with Crippen LogP contribution in [-0.2, 0) is 0 Å². The van der Waals surface area contributed by atoms with Crippen LogP contribution < -0.4 is 5.32 Å². The van der Waals surface area contributed by atoms with Crippen LogP contribution in [0.2, 0.25) is 0 Å². The zero-order chi connectivity index (χ0) is 10.6. The van der Waals surface area contributed by atoms with E-state index >= 15 is 0 Å². The van der Waals surface area contributed by atoms with Gasteiger partial charge in [0.05, 0.1) is 6.10 Å². The van der Waals surface area contributed by atoms with Crippen molar-refractivity contribution < 1.29 is 5.11 Å². The van der Waals surface area contributed by atoms with Crippen LogP contribution in [0.4, 0.5) is 5.69 Å². The van der Waals surface area contributed by atoms with Gasteiger partial charge in [0.15, 0.2) is 0 Å². The van der Waals surface area contributed by atoms with Crippen molar-refractivity contribution in [1.29, 1.82) is 0 Å². The van der Waals surface area contributed by atoms with Gasteiger partial charge in [0.1, 0.15) is 0 Å². The lowest BCUT2D eigenvalue weighted by Crippen LogP contribution is -2.27. The van der Waals surface area contributed by atoms with E-state index in [0.29, 0.717) is 0 Å². The summed E-state index contributed by atoms with van der Waals surface area (Å²) in [7, 11) is 0. The van der Waals surface area contributed by atoms with Crippen LogP contribution in [0.15, 0.2) is 29.2 Å². The van der Waals surface area contributed by atoms with Gasteiger partial charge in [-0.15, -0.1) is 11.8 Å². The molecule has 3 heteroatoms. The van der Waals surface area contributed by atoms with Gasteiger partial charge in [-0.2, -0.15) is 0 Å². The molecule has 0 bridgehead atoms. The molecule has 0 radical (unpaired) electrons. The molecule has 78 valence electrons. The minimum atomic E-state index is -0.343. The van der Waals surface area contributed by atoms with Crippen molar-refractivity contribution in [2.24, 2.45) is 0 Å². The first-order chi connectivity index (χ1) is 6.65. The fourth-order valence-electron chi connectivity index (χ4n) is 1.13. The van der Waals surface area contributed by atoms with Gasteiger partial charge in [0.2, 0.25) is 0 Å². The molecule has 14 heavy (non-hydrogen) atoms. The number of benzene rings is 1. The Hall–Kier alpha value is -0.670. The lowest BCUT2D eigenvalue weighted by atomic mass is 10.2. The summed E-state index contributed by atoms with van der Waals surface area (Å²) in [5.74, 6) is 0. The SMILES string of the molecule is CSc1ccccc1NC(C)C(C)O. The van der Waals surface area contributed by atoms with E-state index in [-0.39, 0.29) is 12.1 Å². The molecule has 2 atom stereocenters. The maximum Gasteiger partial charge on any atom is 0.0710 e. The zero-order valence-electron chi connectivity index (χ0n) is 8.82. The summed E-state index contributed by atoms with van der Waals surface area (Å²) in [4.78, 5) is 1.21. The summed E-state index contributed by atoms with van der Waals surface area (Å²) in [6, 6.07) is 8.19. The summed E-state index contributed by atoms with van der Waals surface area (Å²) in [6.07, 6.45) is 1.71. The third kappa shape index (κ3) is 2.93. The number of hydrogen-bond donors (Lipinski definition) is 2. The van der Waals surface area contributed by atoms with Crippen molar-refractivity contribution in [3.63, 3.8) is 0 Å². The molecule has 0 spiro atoms. The van der Waals surface area contributed by atoms with Crippen LogP contribution >= 0.6 is 11.8 Å². The molecule has 1 aromatic rings. The van der Waals surface area contributed by atoms with Gasteiger partial charge in [-0.05, 0) is 32.2 Å². The van der Waals surface area contributed by atoms with Crippen molar-refractivity contribution in [2.45, 2.75) is 30.9 Å². The van der Waals surface area contributed by atoms with Crippen molar-refractivity contribution in [3.8, 4) is 0 Å². The fraction of sp³-hybridized carbons (Fsp3) is 0.455. The summed E-state index contributed by atoms with van der Waals surface area (Å²) < 4.78 is 0. The number of thioether (sulfide) groups is 1. The van der Waals surface area contributed by atoms with Crippen molar-refractivity contribution in [2.75, 3.05) is 11.6 Å². The Labute approximate surface area is 89.7 Å². The van der Waals surface area contributed by atoms with Gasteiger partial charge in [-0.25, -0.2) is 0 Å². The van der Waals surface area contributed by atoms with E-state index < -0.39 is 0 Å². The average Bonchev–Trinajstić information content (AvgIpc) is 2.18. The second-order valence-electron chi connectivity index (χ2n) is 3.37. The van der Waals surface area contributed by atoms with Crippen LogP contribution in [0.25, 0.3) is 0 Å². The highest BCUT2D eigenvalue weighted by molar-refractivity contribution is 7.98. The molecule has 0 saturated carbocycles. The topological polar surface area (TPSA) is 32.3 Å². The second-order valence-corrected chi connectivity index (χ2v) is 4.22. The van der Waals surface area contributed by atoms with Crippen molar-refractivity contribution >= 4 is 17.4 Å². The number of para-hydroxylation sites is 1. The molecular formula is C11H17NOS. The molecule has 1 aromatic carbocycles. The smallest absolute Gasteiger partial charge is 0.0710 e. The van der Waals surface area contributed by atoms with Crippen LogP contribution in [0.3, 0.4) is 0 Å². The van der Waals surface area contributed by atoms with E-state index in [1.54, 1.807) is 18.7 Å². The average molecular weight is 211 g/mol. The summed E-state index contributed by atoms with van der Waals surface area (Å²) >= 11 is 1.70. The largest absolute Gasteiger partial charge is 0.391 e. The maximum absolute atomic E-state index is 9.38. The Morgan fingerprint density at radius 1 is 1.29 bits per heavy atom. The maximum atomic E-state index is 9.38. The molecule has 2 nitrogen and oxygen atoms in total. The number of aliphatic hydroxyl groups is 1. The van der Waals surface area contributed by atoms with Gasteiger partial charge in [-0.1, -0.05) is 12.1 Å². The lowest BCUT2D eigenvalue weighted by molar-refractivity contribution is 0.178. The van der Waals surface area contributed by atoms with Gasteiger partial charge < -0.3 is 10.4 Å². The Balaban J connectivity index is 2.75. The highest BCUT2D eigenvalue weighted by Gasteiger charge is 2.09.